The number of rotatable bonds is 5. The number of hydrogen-bond donors (Lipinski definition) is 1. The molecule has 6 nitrogen and oxygen atoms in total. The fraction of sp³-hybridized carbons (Fsp3) is 0.316. The van der Waals surface area contributed by atoms with E-state index in [0.29, 0.717) is 25.2 Å². The fourth-order valence-corrected chi connectivity index (χ4v) is 5.09. The van der Waals surface area contributed by atoms with E-state index in [-0.39, 0.29) is 22.5 Å². The topological polar surface area (TPSA) is 96.4 Å². The normalized spacial score (nSPS) is 20.7. The number of sulfonamides is 1. The SMILES string of the molecule is COc1cc(C#N)ccc1S(=O)(=O)N1C[C@@H](CN)[C@H](c2ccccc2)C1. The van der Waals surface area contributed by atoms with Crippen LogP contribution in [0.2, 0.25) is 0 Å². The lowest BCUT2D eigenvalue weighted by atomic mass is 9.89. The molecule has 1 heterocycles. The average molecular weight is 371 g/mol. The van der Waals surface area contributed by atoms with Crippen LogP contribution >= 0.6 is 0 Å². The molecule has 1 aliphatic rings. The van der Waals surface area contributed by atoms with E-state index in [1.165, 1.54) is 29.6 Å². The van der Waals surface area contributed by atoms with Gasteiger partial charge in [0.2, 0.25) is 10.0 Å². The monoisotopic (exact) mass is 371 g/mol. The Morgan fingerprint density at radius 3 is 2.58 bits per heavy atom. The zero-order chi connectivity index (χ0) is 18.7. The van der Waals surface area contributed by atoms with Crippen LogP contribution in [-0.4, -0.2) is 39.5 Å². The van der Waals surface area contributed by atoms with Crippen LogP contribution in [0, 0.1) is 17.2 Å². The van der Waals surface area contributed by atoms with Gasteiger partial charge in [-0.3, -0.25) is 0 Å². The maximum absolute atomic E-state index is 13.2. The quantitative estimate of drug-likeness (QED) is 0.866. The summed E-state index contributed by atoms with van der Waals surface area (Å²) in [5.74, 6) is 0.286. The Morgan fingerprint density at radius 2 is 1.96 bits per heavy atom. The highest BCUT2D eigenvalue weighted by atomic mass is 32.2. The summed E-state index contributed by atoms with van der Waals surface area (Å²) in [7, 11) is -2.35. The molecule has 0 aliphatic carbocycles. The number of nitrogens with two attached hydrogens (primary N) is 1. The van der Waals surface area contributed by atoms with E-state index < -0.39 is 10.0 Å². The summed E-state index contributed by atoms with van der Waals surface area (Å²) in [5.41, 5.74) is 7.36. The zero-order valence-corrected chi connectivity index (χ0v) is 15.3. The molecule has 2 N–H and O–H groups in total. The largest absolute Gasteiger partial charge is 0.495 e. The molecule has 0 radical (unpaired) electrons. The third-order valence-corrected chi connectivity index (χ3v) is 6.72. The van der Waals surface area contributed by atoms with Gasteiger partial charge in [-0.25, -0.2) is 8.42 Å². The van der Waals surface area contributed by atoms with Crippen LogP contribution in [-0.2, 0) is 10.0 Å². The summed E-state index contributed by atoms with van der Waals surface area (Å²) >= 11 is 0. The first-order chi connectivity index (χ1) is 12.5. The first-order valence-corrected chi connectivity index (χ1v) is 9.78. The van der Waals surface area contributed by atoms with Crippen molar-refractivity contribution >= 4 is 10.0 Å². The summed E-state index contributed by atoms with van der Waals surface area (Å²) in [6.07, 6.45) is 0. The molecule has 1 aliphatic heterocycles. The van der Waals surface area contributed by atoms with Crippen molar-refractivity contribution in [1.82, 2.24) is 4.31 Å². The maximum Gasteiger partial charge on any atom is 0.246 e. The second kappa shape index (κ2) is 7.46. The molecule has 2 atom stereocenters. The second-order valence-electron chi connectivity index (χ2n) is 6.31. The van der Waals surface area contributed by atoms with Gasteiger partial charge >= 0.3 is 0 Å². The minimum Gasteiger partial charge on any atom is -0.495 e. The Balaban J connectivity index is 1.95. The van der Waals surface area contributed by atoms with Crippen LogP contribution in [0.1, 0.15) is 17.0 Å². The molecule has 0 bridgehead atoms. The molecule has 0 aromatic heterocycles. The van der Waals surface area contributed by atoms with E-state index in [9.17, 15) is 8.42 Å². The van der Waals surface area contributed by atoms with Gasteiger partial charge in [-0.2, -0.15) is 9.57 Å². The van der Waals surface area contributed by atoms with Crippen molar-refractivity contribution in [2.45, 2.75) is 10.8 Å². The number of methoxy groups -OCH3 is 1. The first-order valence-electron chi connectivity index (χ1n) is 8.34. The van der Waals surface area contributed by atoms with Crippen LogP contribution < -0.4 is 10.5 Å². The standard InChI is InChI=1S/C19H21N3O3S/c1-25-18-9-14(10-20)7-8-19(18)26(23,24)22-12-16(11-21)17(13-22)15-5-3-2-4-6-15/h2-9,16-17H,11-13,21H2,1H3/t16-,17+/m1/s1. The van der Waals surface area contributed by atoms with Gasteiger partial charge in [0.25, 0.3) is 0 Å². The van der Waals surface area contributed by atoms with Crippen molar-refractivity contribution < 1.29 is 13.2 Å². The summed E-state index contributed by atoms with van der Waals surface area (Å²) < 4.78 is 33.0. The van der Waals surface area contributed by atoms with Crippen LogP contribution in [0.4, 0.5) is 0 Å². The summed E-state index contributed by atoms with van der Waals surface area (Å²) in [5, 5.41) is 9.01. The highest BCUT2D eigenvalue weighted by Crippen LogP contribution is 2.37. The van der Waals surface area contributed by atoms with Crippen LogP contribution in [0.5, 0.6) is 5.75 Å². The lowest BCUT2D eigenvalue weighted by Crippen LogP contribution is -2.30. The predicted octanol–water partition coefficient (Wildman–Crippen LogP) is 1.93. The van der Waals surface area contributed by atoms with Gasteiger partial charge in [-0.15, -0.1) is 0 Å². The maximum atomic E-state index is 13.2. The van der Waals surface area contributed by atoms with Crippen molar-refractivity contribution in [3.8, 4) is 11.8 Å². The average Bonchev–Trinajstić information content (AvgIpc) is 3.13. The Labute approximate surface area is 153 Å². The zero-order valence-electron chi connectivity index (χ0n) is 14.5. The number of hydrogen-bond acceptors (Lipinski definition) is 5. The molecule has 1 fully saturated rings. The summed E-state index contributed by atoms with van der Waals surface area (Å²) in [6, 6.07) is 16.2. The van der Waals surface area contributed by atoms with Gasteiger partial charge in [0.15, 0.2) is 0 Å². The molecule has 2 aromatic rings. The van der Waals surface area contributed by atoms with Gasteiger partial charge in [-0.05, 0) is 36.2 Å². The molecule has 0 saturated carbocycles. The second-order valence-corrected chi connectivity index (χ2v) is 8.22. The molecule has 0 amide bonds. The smallest absolute Gasteiger partial charge is 0.246 e. The molecule has 136 valence electrons. The van der Waals surface area contributed by atoms with Crippen LogP contribution in [0.3, 0.4) is 0 Å². The summed E-state index contributed by atoms with van der Waals surface area (Å²) in [6.45, 7) is 1.15. The molecule has 3 rings (SSSR count). The molecule has 2 aromatic carbocycles. The minimum atomic E-state index is -3.75. The highest BCUT2D eigenvalue weighted by Gasteiger charge is 2.40. The van der Waals surface area contributed by atoms with E-state index in [2.05, 4.69) is 0 Å². The van der Waals surface area contributed by atoms with Crippen molar-refractivity contribution in [3.63, 3.8) is 0 Å². The molecular formula is C19H21N3O3S. The molecule has 0 unspecified atom stereocenters. The Hall–Kier alpha value is -2.40. The molecule has 7 heteroatoms. The van der Waals surface area contributed by atoms with Gasteiger partial charge in [0.1, 0.15) is 10.6 Å². The van der Waals surface area contributed by atoms with Gasteiger partial charge in [0.05, 0.1) is 18.7 Å². The molecule has 26 heavy (non-hydrogen) atoms. The fourth-order valence-electron chi connectivity index (χ4n) is 3.43. The number of benzene rings is 2. The Bertz CT molecular complexity index is 923. The lowest BCUT2D eigenvalue weighted by molar-refractivity contribution is 0.397. The molecule has 1 saturated heterocycles. The molecule has 0 spiro atoms. The number of nitriles is 1. The van der Waals surface area contributed by atoms with Gasteiger partial charge < -0.3 is 10.5 Å². The Morgan fingerprint density at radius 1 is 1.23 bits per heavy atom. The first kappa shape index (κ1) is 18.4. The predicted molar refractivity (Wildman–Crippen MR) is 98.2 cm³/mol. The minimum absolute atomic E-state index is 0.0524. The lowest BCUT2D eigenvalue weighted by Gasteiger charge is -2.18. The van der Waals surface area contributed by atoms with E-state index in [4.69, 9.17) is 15.7 Å². The van der Waals surface area contributed by atoms with Gasteiger partial charge in [-0.1, -0.05) is 30.3 Å². The summed E-state index contributed by atoms with van der Waals surface area (Å²) in [4.78, 5) is 0.0727. The number of nitrogens with zero attached hydrogens (tertiary/aromatic N) is 2. The van der Waals surface area contributed by atoms with Gasteiger partial charge in [0, 0.05) is 19.0 Å². The van der Waals surface area contributed by atoms with Crippen molar-refractivity contribution in [3.05, 3.63) is 59.7 Å². The number of ether oxygens (including phenoxy) is 1. The van der Waals surface area contributed by atoms with E-state index in [1.807, 2.05) is 36.4 Å². The van der Waals surface area contributed by atoms with Crippen molar-refractivity contribution in [2.75, 3.05) is 26.7 Å². The molecular weight excluding hydrogens is 350 g/mol. The van der Waals surface area contributed by atoms with Crippen LogP contribution in [0.25, 0.3) is 0 Å². The third-order valence-electron chi connectivity index (χ3n) is 4.85. The third kappa shape index (κ3) is 3.31. The van der Waals surface area contributed by atoms with E-state index >= 15 is 0 Å². The highest BCUT2D eigenvalue weighted by molar-refractivity contribution is 7.89. The Kier molecular flexibility index (Phi) is 5.28. The van der Waals surface area contributed by atoms with E-state index in [0.717, 1.165) is 5.56 Å². The van der Waals surface area contributed by atoms with Crippen molar-refractivity contribution in [1.29, 1.82) is 5.26 Å². The van der Waals surface area contributed by atoms with Crippen molar-refractivity contribution in [2.24, 2.45) is 11.7 Å². The van der Waals surface area contributed by atoms with Crippen LogP contribution in [0.15, 0.2) is 53.4 Å². The van der Waals surface area contributed by atoms with E-state index in [1.54, 1.807) is 0 Å².